The summed E-state index contributed by atoms with van der Waals surface area (Å²) in [6, 6.07) is 4.54. The number of anilines is 1. The van der Waals surface area contributed by atoms with Crippen molar-refractivity contribution in [3.05, 3.63) is 74.2 Å². The monoisotopic (exact) mass is 460 g/mol. The highest BCUT2D eigenvalue weighted by atomic mass is 35.5. The summed E-state index contributed by atoms with van der Waals surface area (Å²) in [6.07, 6.45) is 5.48. The van der Waals surface area contributed by atoms with Gasteiger partial charge in [0, 0.05) is 24.5 Å². The number of allylic oxidation sites excluding steroid dienone is 4. The van der Waals surface area contributed by atoms with Crippen LogP contribution in [0, 0.1) is 5.82 Å². The lowest BCUT2D eigenvalue weighted by Gasteiger charge is -2.33. The molecule has 0 bridgehead atoms. The summed E-state index contributed by atoms with van der Waals surface area (Å²) in [5, 5.41) is 3.39. The molecule has 0 amide bonds. The van der Waals surface area contributed by atoms with Crippen LogP contribution in [0.15, 0.2) is 52.2 Å². The average Bonchev–Trinajstić information content (AvgIpc) is 2.79. The Balaban J connectivity index is 1.62. The molecule has 7 nitrogen and oxygen atoms in total. The summed E-state index contributed by atoms with van der Waals surface area (Å²) in [5.41, 5.74) is 3.72. The van der Waals surface area contributed by atoms with Gasteiger partial charge in [-0.05, 0) is 49.1 Å². The zero-order valence-corrected chi connectivity index (χ0v) is 18.9. The molecular formula is C23H26ClFN4O3. The second kappa shape index (κ2) is 9.75. The number of methoxy groups -OCH3 is 1. The van der Waals surface area contributed by atoms with Gasteiger partial charge in [-0.1, -0.05) is 17.7 Å². The van der Waals surface area contributed by atoms with Gasteiger partial charge in [0.2, 0.25) is 11.7 Å². The molecule has 1 N–H and O–H groups in total. The van der Waals surface area contributed by atoms with Crippen molar-refractivity contribution in [1.29, 1.82) is 0 Å². The SMILES string of the molecule is COc1cn(Cc2ccc(F)c(Cl)c2)c(NC2=C(C)C=C(N3CCOCC3)CC2)nc1=O. The number of nitrogens with zero attached hydrogens (tertiary/aromatic N) is 3. The Morgan fingerprint density at radius 1 is 1.28 bits per heavy atom. The predicted molar refractivity (Wildman–Crippen MR) is 122 cm³/mol. The number of ether oxygens (including phenoxy) is 2. The molecule has 2 aliphatic rings. The summed E-state index contributed by atoms with van der Waals surface area (Å²) in [7, 11) is 1.43. The standard InChI is InChI=1S/C23H26ClFN4O3/c1-15-11-17(28-7-9-32-10-8-28)4-6-20(15)26-23-27-22(30)21(31-2)14-29(23)13-16-3-5-19(25)18(24)12-16/h3,5,11-12,14H,4,6-10,13H2,1-2H3,(H,26,27,30). The molecule has 2 aromatic rings. The minimum atomic E-state index is -0.477. The van der Waals surface area contributed by atoms with E-state index in [2.05, 4.69) is 21.3 Å². The summed E-state index contributed by atoms with van der Waals surface area (Å²) in [6.45, 7) is 5.70. The minimum Gasteiger partial charge on any atom is -0.490 e. The molecule has 9 heteroatoms. The first-order valence-electron chi connectivity index (χ1n) is 10.5. The molecule has 1 saturated heterocycles. The average molecular weight is 461 g/mol. The number of hydrogen-bond donors (Lipinski definition) is 1. The van der Waals surface area contributed by atoms with Crippen molar-refractivity contribution in [2.24, 2.45) is 0 Å². The molecule has 170 valence electrons. The van der Waals surface area contributed by atoms with Crippen molar-refractivity contribution < 1.29 is 13.9 Å². The van der Waals surface area contributed by atoms with E-state index in [0.29, 0.717) is 12.5 Å². The van der Waals surface area contributed by atoms with Crippen LogP contribution in [-0.2, 0) is 11.3 Å². The van der Waals surface area contributed by atoms with Crippen molar-refractivity contribution in [1.82, 2.24) is 14.5 Å². The Kier molecular flexibility index (Phi) is 6.81. The van der Waals surface area contributed by atoms with Crippen molar-refractivity contribution in [2.45, 2.75) is 26.3 Å². The first kappa shape index (κ1) is 22.4. The highest BCUT2D eigenvalue weighted by Crippen LogP contribution is 2.28. The maximum Gasteiger partial charge on any atom is 0.316 e. The number of hydrogen-bond acceptors (Lipinski definition) is 6. The zero-order valence-electron chi connectivity index (χ0n) is 18.2. The first-order valence-corrected chi connectivity index (χ1v) is 10.9. The maximum atomic E-state index is 13.6. The van der Waals surface area contributed by atoms with Gasteiger partial charge in [-0.2, -0.15) is 4.98 Å². The van der Waals surface area contributed by atoms with E-state index in [1.807, 2.05) is 6.92 Å². The molecule has 0 saturated carbocycles. The smallest absolute Gasteiger partial charge is 0.316 e. The molecular weight excluding hydrogens is 435 g/mol. The largest absolute Gasteiger partial charge is 0.490 e. The van der Waals surface area contributed by atoms with Gasteiger partial charge in [-0.3, -0.25) is 4.79 Å². The third kappa shape index (κ3) is 4.97. The number of halogens is 2. The van der Waals surface area contributed by atoms with E-state index in [1.54, 1.807) is 22.9 Å². The van der Waals surface area contributed by atoms with E-state index in [-0.39, 0.29) is 10.8 Å². The lowest BCUT2D eigenvalue weighted by molar-refractivity contribution is 0.0519. The van der Waals surface area contributed by atoms with Gasteiger partial charge in [0.25, 0.3) is 0 Å². The molecule has 0 unspecified atom stereocenters. The molecule has 4 rings (SSSR count). The van der Waals surface area contributed by atoms with Crippen molar-refractivity contribution in [2.75, 3.05) is 38.7 Å². The van der Waals surface area contributed by atoms with Gasteiger partial charge in [-0.25, -0.2) is 4.39 Å². The second-order valence-corrected chi connectivity index (χ2v) is 8.24. The molecule has 1 aliphatic heterocycles. The molecule has 32 heavy (non-hydrogen) atoms. The van der Waals surface area contributed by atoms with Gasteiger partial charge in [0.05, 0.1) is 38.1 Å². The normalized spacial score (nSPS) is 16.8. The summed E-state index contributed by atoms with van der Waals surface area (Å²) >= 11 is 5.94. The topological polar surface area (TPSA) is 68.6 Å². The molecule has 0 spiro atoms. The van der Waals surface area contributed by atoms with Crippen LogP contribution in [0.5, 0.6) is 5.75 Å². The van der Waals surface area contributed by atoms with E-state index in [0.717, 1.165) is 56.0 Å². The molecule has 0 radical (unpaired) electrons. The van der Waals surface area contributed by atoms with Crippen LogP contribution in [0.4, 0.5) is 10.3 Å². The summed E-state index contributed by atoms with van der Waals surface area (Å²) in [5.74, 6) is 0.0524. The van der Waals surface area contributed by atoms with Gasteiger partial charge < -0.3 is 24.3 Å². The highest BCUT2D eigenvalue weighted by Gasteiger charge is 2.20. The van der Waals surface area contributed by atoms with Crippen molar-refractivity contribution in [3.63, 3.8) is 0 Å². The fraction of sp³-hybridized carbons (Fsp3) is 0.391. The van der Waals surface area contributed by atoms with Crippen LogP contribution in [0.25, 0.3) is 0 Å². The predicted octanol–water partition coefficient (Wildman–Crippen LogP) is 3.79. The second-order valence-electron chi connectivity index (χ2n) is 7.84. The third-order valence-electron chi connectivity index (χ3n) is 5.69. The number of benzene rings is 1. The van der Waals surface area contributed by atoms with Gasteiger partial charge in [0.15, 0.2) is 0 Å². The van der Waals surface area contributed by atoms with E-state index in [4.69, 9.17) is 21.1 Å². The molecule has 0 atom stereocenters. The van der Waals surface area contributed by atoms with Crippen molar-refractivity contribution in [3.8, 4) is 5.75 Å². The minimum absolute atomic E-state index is 0.0459. The van der Waals surface area contributed by atoms with Crippen LogP contribution >= 0.6 is 11.6 Å². The Morgan fingerprint density at radius 3 is 2.75 bits per heavy atom. The van der Waals surface area contributed by atoms with E-state index in [9.17, 15) is 9.18 Å². The van der Waals surface area contributed by atoms with Crippen molar-refractivity contribution >= 4 is 17.5 Å². The zero-order chi connectivity index (χ0) is 22.7. The fourth-order valence-electron chi connectivity index (χ4n) is 3.92. The number of rotatable bonds is 6. The van der Waals surface area contributed by atoms with Crippen LogP contribution in [-0.4, -0.2) is 47.9 Å². The first-order chi connectivity index (χ1) is 15.4. The maximum absolute atomic E-state index is 13.6. The summed E-state index contributed by atoms with van der Waals surface area (Å²) < 4.78 is 25.9. The van der Waals surface area contributed by atoms with Gasteiger partial charge in [0.1, 0.15) is 5.82 Å². The highest BCUT2D eigenvalue weighted by molar-refractivity contribution is 6.30. The van der Waals surface area contributed by atoms with E-state index in [1.165, 1.54) is 18.9 Å². The molecule has 1 aromatic carbocycles. The number of morpholine rings is 1. The lowest BCUT2D eigenvalue weighted by atomic mass is 10.0. The molecule has 1 aliphatic carbocycles. The molecule has 1 fully saturated rings. The van der Waals surface area contributed by atoms with Crippen LogP contribution in [0.2, 0.25) is 5.02 Å². The quantitative estimate of drug-likeness (QED) is 0.707. The lowest BCUT2D eigenvalue weighted by Crippen LogP contribution is -2.36. The summed E-state index contributed by atoms with van der Waals surface area (Å²) in [4.78, 5) is 18.9. The Labute approximate surface area is 191 Å². The van der Waals surface area contributed by atoms with E-state index >= 15 is 0 Å². The third-order valence-corrected chi connectivity index (χ3v) is 5.98. The Morgan fingerprint density at radius 2 is 2.06 bits per heavy atom. The Hall–Kier alpha value is -2.84. The molecule has 2 heterocycles. The number of nitrogens with one attached hydrogen (secondary N) is 1. The number of aromatic nitrogens is 2. The van der Waals surface area contributed by atoms with Crippen LogP contribution in [0.1, 0.15) is 25.3 Å². The van der Waals surface area contributed by atoms with Crippen LogP contribution < -0.4 is 15.6 Å². The molecule has 1 aromatic heterocycles. The van der Waals surface area contributed by atoms with Gasteiger partial charge in [-0.15, -0.1) is 0 Å². The fourth-order valence-corrected chi connectivity index (χ4v) is 4.13. The van der Waals surface area contributed by atoms with Gasteiger partial charge >= 0.3 is 5.56 Å². The van der Waals surface area contributed by atoms with E-state index < -0.39 is 11.4 Å². The Bertz CT molecular complexity index is 1120. The van der Waals surface area contributed by atoms with Crippen LogP contribution in [0.3, 0.4) is 0 Å².